The molecule has 5 N–H and O–H groups in total. The van der Waals surface area contributed by atoms with Gasteiger partial charge in [-0.1, -0.05) is 12.2 Å². The van der Waals surface area contributed by atoms with Crippen LogP contribution in [0.5, 0.6) is 0 Å². The molecule has 0 spiro atoms. The number of ether oxygens (including phenoxy) is 1. The second kappa shape index (κ2) is 29.0. The monoisotopic (exact) mass is 1290 g/mol. The average molecular weight is 1290 g/mol. The number of carbonyl (C=O) groups excluding carboxylic acids is 5. The molecule has 8 heterocycles. The number of benzene rings is 2. The van der Waals surface area contributed by atoms with Crippen molar-refractivity contribution >= 4 is 111 Å². The fourth-order valence-electron chi connectivity index (χ4n) is 11.4. The minimum absolute atomic E-state index is 0. The van der Waals surface area contributed by atoms with Crippen LogP contribution in [-0.2, 0) is 41.5 Å². The Labute approximate surface area is 542 Å². The van der Waals surface area contributed by atoms with Crippen LogP contribution in [0.1, 0.15) is 67.2 Å². The van der Waals surface area contributed by atoms with E-state index in [0.717, 1.165) is 74.7 Å². The van der Waals surface area contributed by atoms with E-state index in [1.165, 1.54) is 36.7 Å². The quantitative estimate of drug-likeness (QED) is 0.0524. The number of aromatic nitrogens is 8. The molecule has 0 unspecified atom stereocenters. The highest BCUT2D eigenvalue weighted by atomic mass is 35.5. The molecular formula is C65H83Cl3N16O6. The Bertz CT molecular complexity index is 3970. The molecule has 5 amide bonds. The number of halogens is 3. The summed E-state index contributed by atoms with van der Waals surface area (Å²) < 4.78 is 14.3. The Morgan fingerprint density at radius 1 is 0.600 bits per heavy atom. The van der Waals surface area contributed by atoms with Gasteiger partial charge in [0.1, 0.15) is 16.9 Å². The number of fused-ring (bicyclic) bond motifs is 4. The highest BCUT2D eigenvalue weighted by Gasteiger charge is 2.39. The van der Waals surface area contributed by atoms with Crippen molar-refractivity contribution in [3.05, 3.63) is 121 Å². The van der Waals surface area contributed by atoms with E-state index in [2.05, 4.69) is 79.1 Å². The number of imidazole rings is 2. The van der Waals surface area contributed by atoms with Crippen molar-refractivity contribution in [2.24, 2.45) is 25.9 Å². The van der Waals surface area contributed by atoms with Gasteiger partial charge in [-0.15, -0.1) is 37.2 Å². The molecule has 4 aliphatic rings. The summed E-state index contributed by atoms with van der Waals surface area (Å²) in [6.07, 6.45) is 14.7. The number of aryl methyl sites for hydroxylation is 2. The fraction of sp³-hybridized carbons (Fsp3) is 0.431. The number of hydrogen-bond acceptors (Lipinski definition) is 13. The van der Waals surface area contributed by atoms with E-state index in [1.54, 1.807) is 45.1 Å². The van der Waals surface area contributed by atoms with E-state index in [-0.39, 0.29) is 86.0 Å². The topological polar surface area (TPSA) is 236 Å². The van der Waals surface area contributed by atoms with Crippen LogP contribution in [0.25, 0.3) is 67.2 Å². The molecule has 2 saturated heterocycles. The standard InChI is InChI=1S/C35H44N8O4.C30H36N8O2.3ClH/c1-35(2,3)47-34(46)42-20-26(37-30(44)10-8-16-40(4)5)27(21-42)39-33(45)24-13-14-28-25(17-24)38-32(41(28)6)29-18-23-9-7-15-36-31(23)43(29)19-22-11-12-22;1-36(2)13-5-7-27(39)33-23-16-31-17-24(23)35-30(40)21-10-11-25-22(14-21)34-29(37(25)3)26-15-20-6-4-12-32-28(20)38(26)18-19-8-9-19;;;/h7-10,13-15,17-18,22,26-27H,11-12,16,19-21H2,1-6H3,(H,37,44)(H,39,45);4-7,10-12,14-15,19,23-24,31H,8-9,13,16-18H2,1-3H3,(H,33,39)(H,35,40);3*1H/b10-8+;7-5+;;;/t26-,27-;23-,24-;;;/m00.../s1. The highest BCUT2D eigenvalue weighted by molar-refractivity contribution is 6.00. The molecule has 2 saturated carbocycles. The van der Waals surface area contributed by atoms with Gasteiger partial charge in [0.15, 0.2) is 11.6 Å². The second-order valence-electron chi connectivity index (χ2n) is 25.2. The van der Waals surface area contributed by atoms with Crippen molar-refractivity contribution in [3.8, 4) is 23.0 Å². The van der Waals surface area contributed by atoms with Gasteiger partial charge in [-0.05, 0) is 159 Å². The molecule has 4 atom stereocenters. The summed E-state index contributed by atoms with van der Waals surface area (Å²) in [6.45, 7) is 10.1. The molecule has 12 rings (SSSR count). The largest absolute Gasteiger partial charge is 0.444 e. The van der Waals surface area contributed by atoms with E-state index in [1.807, 2.05) is 107 Å². The maximum atomic E-state index is 13.7. The van der Waals surface area contributed by atoms with E-state index >= 15 is 0 Å². The Balaban J connectivity index is 0.000000227. The van der Waals surface area contributed by atoms with Crippen molar-refractivity contribution < 1.29 is 28.7 Å². The minimum Gasteiger partial charge on any atom is -0.444 e. The predicted molar refractivity (Wildman–Crippen MR) is 359 cm³/mol. The Kier molecular flexibility index (Phi) is 21.9. The van der Waals surface area contributed by atoms with Crippen LogP contribution in [0.2, 0.25) is 0 Å². The number of pyridine rings is 2. The van der Waals surface area contributed by atoms with Crippen LogP contribution in [0.3, 0.4) is 0 Å². The van der Waals surface area contributed by atoms with Crippen LogP contribution in [0, 0.1) is 11.8 Å². The average Bonchev–Trinajstić information content (AvgIpc) is 1.63. The number of rotatable bonds is 18. The first-order chi connectivity index (χ1) is 41.7. The summed E-state index contributed by atoms with van der Waals surface area (Å²) in [6, 6.07) is 22.1. The molecule has 0 radical (unpaired) electrons. The fourth-order valence-corrected chi connectivity index (χ4v) is 11.4. The lowest BCUT2D eigenvalue weighted by molar-refractivity contribution is -0.118. The molecule has 0 bridgehead atoms. The zero-order valence-electron chi connectivity index (χ0n) is 52.4. The first-order valence-electron chi connectivity index (χ1n) is 30.1. The summed E-state index contributed by atoms with van der Waals surface area (Å²) in [5, 5.41) is 17.6. The maximum absolute atomic E-state index is 13.7. The summed E-state index contributed by atoms with van der Waals surface area (Å²) in [4.78, 5) is 89.7. The van der Waals surface area contributed by atoms with Gasteiger partial charge in [-0.2, -0.15) is 0 Å². The number of nitrogens with one attached hydrogen (secondary N) is 5. The van der Waals surface area contributed by atoms with Gasteiger partial charge >= 0.3 is 6.09 Å². The normalized spacial score (nSPS) is 18.2. The van der Waals surface area contributed by atoms with Gasteiger partial charge in [-0.3, -0.25) is 19.2 Å². The SMILES string of the molecule is CN(C)C/C=C/C(=O)N[C@H]1CN(C(=O)OC(C)(C)C)C[C@@H]1NC(=O)c1ccc2c(c1)nc(-c1cc3cccnc3n1CC1CC1)n2C.CN(C)C/C=C/C(=O)N[C@H]1CNC[C@@H]1NC(=O)c1ccc2c(c1)nc(-c1cc3cccnc3n1CC1CC1)n2C.Cl.Cl.Cl. The lowest BCUT2D eigenvalue weighted by atomic mass is 10.1. The van der Waals surface area contributed by atoms with Gasteiger partial charge in [0.2, 0.25) is 11.8 Å². The van der Waals surface area contributed by atoms with Crippen molar-refractivity contribution in [2.75, 3.05) is 67.5 Å². The Hall–Kier alpha value is -7.86. The first kappa shape index (κ1) is 68.1. The molecule has 480 valence electrons. The van der Waals surface area contributed by atoms with E-state index < -0.39 is 23.8 Å². The Morgan fingerprint density at radius 3 is 1.46 bits per heavy atom. The Morgan fingerprint density at radius 2 is 1.02 bits per heavy atom. The summed E-state index contributed by atoms with van der Waals surface area (Å²) >= 11 is 0. The van der Waals surface area contributed by atoms with Gasteiger partial charge in [0.05, 0.1) is 57.6 Å². The minimum atomic E-state index is -0.675. The molecule has 2 aliphatic heterocycles. The van der Waals surface area contributed by atoms with E-state index in [9.17, 15) is 24.0 Å². The third kappa shape index (κ3) is 16.0. The zero-order chi connectivity index (χ0) is 61.3. The summed E-state index contributed by atoms with van der Waals surface area (Å²) in [7, 11) is 11.7. The molecule has 4 fully saturated rings. The third-order valence-electron chi connectivity index (χ3n) is 16.3. The van der Waals surface area contributed by atoms with Crippen LogP contribution < -0.4 is 26.6 Å². The highest BCUT2D eigenvalue weighted by Crippen LogP contribution is 2.38. The molecule has 22 nitrogen and oxygen atoms in total. The molecule has 2 aliphatic carbocycles. The van der Waals surface area contributed by atoms with E-state index in [4.69, 9.17) is 14.7 Å². The van der Waals surface area contributed by atoms with Gasteiger partial charge in [0.25, 0.3) is 11.8 Å². The molecule has 25 heteroatoms. The van der Waals surface area contributed by atoms with Crippen LogP contribution in [-0.4, -0.2) is 180 Å². The van der Waals surface area contributed by atoms with Crippen molar-refractivity contribution in [1.29, 1.82) is 0 Å². The number of hydrogen-bond donors (Lipinski definition) is 5. The van der Waals surface area contributed by atoms with Crippen LogP contribution in [0.4, 0.5) is 4.79 Å². The van der Waals surface area contributed by atoms with Crippen molar-refractivity contribution in [3.63, 3.8) is 0 Å². The van der Waals surface area contributed by atoms with Crippen LogP contribution in [0.15, 0.2) is 109 Å². The van der Waals surface area contributed by atoms with E-state index in [0.29, 0.717) is 54.7 Å². The number of likely N-dealkylation sites (tertiary alicyclic amines) is 1. The van der Waals surface area contributed by atoms with Gasteiger partial charge in [0, 0.05) is 113 Å². The molecule has 8 aromatic rings. The second-order valence-corrected chi connectivity index (χ2v) is 25.2. The third-order valence-corrected chi connectivity index (χ3v) is 16.3. The summed E-state index contributed by atoms with van der Waals surface area (Å²) in [5.41, 5.74) is 7.61. The number of nitrogens with zero attached hydrogens (tertiary/aromatic N) is 11. The lowest BCUT2D eigenvalue weighted by Gasteiger charge is -2.24. The first-order valence-corrected chi connectivity index (χ1v) is 30.1. The number of likely N-dealkylation sites (N-methyl/N-ethyl adjacent to an activating group) is 2. The van der Waals surface area contributed by atoms with Crippen molar-refractivity contribution in [2.45, 2.75) is 89.3 Å². The number of carbonyl (C=O) groups is 5. The van der Waals surface area contributed by atoms with Crippen LogP contribution >= 0.6 is 37.2 Å². The molecule has 90 heavy (non-hydrogen) atoms. The number of amides is 5. The lowest BCUT2D eigenvalue weighted by Crippen LogP contribution is -2.50. The molecule has 6 aromatic heterocycles. The maximum Gasteiger partial charge on any atom is 0.410 e. The molecular weight excluding hydrogens is 1210 g/mol. The zero-order valence-corrected chi connectivity index (χ0v) is 54.9. The molecule has 2 aromatic carbocycles. The predicted octanol–water partition coefficient (Wildman–Crippen LogP) is 7.52. The smallest absolute Gasteiger partial charge is 0.410 e. The van der Waals surface area contributed by atoms with Crippen molar-refractivity contribution in [1.82, 2.24) is 79.5 Å². The van der Waals surface area contributed by atoms with Gasteiger partial charge in [-0.25, -0.2) is 24.7 Å². The van der Waals surface area contributed by atoms with Gasteiger partial charge < -0.3 is 64.3 Å². The summed E-state index contributed by atoms with van der Waals surface area (Å²) in [5.74, 6) is 2.06.